The zero-order valence-corrected chi connectivity index (χ0v) is 21.6. The fourth-order valence-electron chi connectivity index (χ4n) is 3.76. The number of benzene rings is 2. The Kier molecular flexibility index (Phi) is 6.09. The third-order valence-electron chi connectivity index (χ3n) is 5.32. The van der Waals surface area contributed by atoms with Gasteiger partial charge in [-0.1, -0.05) is 36.4 Å². The average molecular weight is 558 g/mol. The van der Waals surface area contributed by atoms with Gasteiger partial charge in [-0.3, -0.25) is 9.52 Å². The summed E-state index contributed by atoms with van der Waals surface area (Å²) in [4.78, 5) is 13.8. The number of nitrogens with zero attached hydrogens (tertiary/aromatic N) is 3. The molecule has 0 atom stereocenters. The molecule has 37 heavy (non-hydrogen) atoms. The van der Waals surface area contributed by atoms with Crippen LogP contribution in [0.15, 0.2) is 80.1 Å². The highest BCUT2D eigenvalue weighted by Crippen LogP contribution is 2.35. The van der Waals surface area contributed by atoms with E-state index in [1.807, 2.05) is 30.3 Å². The summed E-state index contributed by atoms with van der Waals surface area (Å²) >= 11 is 1.29. The van der Waals surface area contributed by atoms with Gasteiger partial charge >= 0.3 is 0 Å². The molecule has 3 N–H and O–H groups in total. The molecule has 2 aromatic heterocycles. The highest BCUT2D eigenvalue weighted by atomic mass is 32.2. The Labute approximate surface area is 215 Å². The van der Waals surface area contributed by atoms with Crippen LogP contribution < -0.4 is 15.6 Å². The zero-order chi connectivity index (χ0) is 26.4. The van der Waals surface area contributed by atoms with E-state index in [-0.39, 0.29) is 39.9 Å². The Morgan fingerprint density at radius 3 is 2.54 bits per heavy atom. The molecular weight excluding hydrogens is 538 g/mol. The van der Waals surface area contributed by atoms with Crippen molar-refractivity contribution in [3.05, 3.63) is 87.5 Å². The first-order valence-electron chi connectivity index (χ1n) is 10.7. The smallest absolute Gasteiger partial charge is 0.286 e. The van der Waals surface area contributed by atoms with Crippen molar-refractivity contribution in [3.8, 4) is 16.3 Å². The van der Waals surface area contributed by atoms with E-state index in [9.17, 15) is 26.7 Å². The van der Waals surface area contributed by atoms with Crippen molar-refractivity contribution in [2.24, 2.45) is 4.40 Å². The number of anilines is 2. The summed E-state index contributed by atoms with van der Waals surface area (Å²) in [5, 5.41) is 20.1. The summed E-state index contributed by atoms with van der Waals surface area (Å²) < 4.78 is 56.4. The molecule has 0 aliphatic carbocycles. The van der Waals surface area contributed by atoms with Crippen molar-refractivity contribution in [2.75, 3.05) is 16.3 Å². The second-order valence-corrected chi connectivity index (χ2v) is 12.4. The third kappa shape index (κ3) is 4.98. The van der Waals surface area contributed by atoms with Gasteiger partial charge in [0.2, 0.25) is 10.0 Å². The van der Waals surface area contributed by atoms with Crippen molar-refractivity contribution >= 4 is 48.6 Å². The van der Waals surface area contributed by atoms with E-state index < -0.39 is 31.4 Å². The molecule has 5 rings (SSSR count). The second-order valence-electron chi connectivity index (χ2n) is 8.12. The van der Waals surface area contributed by atoms with Crippen LogP contribution in [0.4, 0.5) is 11.4 Å². The number of nitrogens with one attached hydrogen (secondary N) is 2. The van der Waals surface area contributed by atoms with Gasteiger partial charge in [-0.25, -0.2) is 13.1 Å². The van der Waals surface area contributed by atoms with Crippen molar-refractivity contribution in [1.29, 1.82) is 0 Å². The van der Waals surface area contributed by atoms with Crippen LogP contribution in [0.3, 0.4) is 0 Å². The van der Waals surface area contributed by atoms with Crippen LogP contribution in [0, 0.1) is 0 Å². The van der Waals surface area contributed by atoms with Gasteiger partial charge in [0.15, 0.2) is 11.6 Å². The molecule has 0 fully saturated rings. The Hall–Kier alpha value is -4.01. The summed E-state index contributed by atoms with van der Waals surface area (Å²) in [6, 6.07) is 16.4. The number of hydrogen-bond acceptors (Lipinski definition) is 9. The summed E-state index contributed by atoms with van der Waals surface area (Å²) in [7, 11) is -8.02. The maximum Gasteiger partial charge on any atom is 0.286 e. The SMILES string of the molecule is CS(=O)(=O)Nc1ccc2c(c1)S(=O)(=O)N=C(c1c(O)c(-c3cccs3)nn(Cc3ccccc3)c1=O)N2. The van der Waals surface area contributed by atoms with Gasteiger partial charge in [-0.2, -0.15) is 13.5 Å². The molecular formula is C23H19N5O6S3. The first-order valence-corrected chi connectivity index (χ1v) is 14.9. The topological polar surface area (TPSA) is 160 Å². The maximum absolute atomic E-state index is 13.5. The number of aromatic nitrogens is 2. The third-order valence-corrected chi connectivity index (χ3v) is 8.12. The number of aromatic hydroxyl groups is 1. The molecule has 0 bridgehead atoms. The van der Waals surface area contributed by atoms with Gasteiger partial charge in [0, 0.05) is 5.69 Å². The van der Waals surface area contributed by atoms with Crippen LogP contribution in [-0.2, 0) is 26.6 Å². The molecule has 0 unspecified atom stereocenters. The van der Waals surface area contributed by atoms with Gasteiger partial charge in [0.25, 0.3) is 15.6 Å². The summed E-state index contributed by atoms with van der Waals surface area (Å²) in [6.45, 7) is 0.0719. The minimum Gasteiger partial charge on any atom is -0.505 e. The minimum atomic E-state index is -4.38. The van der Waals surface area contributed by atoms with E-state index in [4.69, 9.17) is 0 Å². The predicted octanol–water partition coefficient (Wildman–Crippen LogP) is 2.66. The van der Waals surface area contributed by atoms with E-state index in [0.29, 0.717) is 4.88 Å². The fourth-order valence-corrected chi connectivity index (χ4v) is 6.18. The van der Waals surface area contributed by atoms with Gasteiger partial charge in [-0.05, 0) is 35.2 Å². The predicted molar refractivity (Wildman–Crippen MR) is 141 cm³/mol. The lowest BCUT2D eigenvalue weighted by Crippen LogP contribution is -2.34. The fraction of sp³-hybridized carbons (Fsp3) is 0.0870. The first-order chi connectivity index (χ1) is 17.5. The van der Waals surface area contributed by atoms with Crippen LogP contribution >= 0.6 is 11.3 Å². The number of sulfonamides is 2. The highest BCUT2D eigenvalue weighted by molar-refractivity contribution is 7.92. The van der Waals surface area contributed by atoms with Gasteiger partial charge in [-0.15, -0.1) is 15.7 Å². The van der Waals surface area contributed by atoms with Crippen LogP contribution in [-0.4, -0.2) is 43.8 Å². The molecule has 3 heterocycles. The van der Waals surface area contributed by atoms with Crippen molar-refractivity contribution in [1.82, 2.24) is 9.78 Å². The van der Waals surface area contributed by atoms with Crippen molar-refractivity contribution in [3.63, 3.8) is 0 Å². The molecule has 0 saturated heterocycles. The molecule has 190 valence electrons. The van der Waals surface area contributed by atoms with E-state index in [0.717, 1.165) is 22.6 Å². The van der Waals surface area contributed by atoms with Gasteiger partial charge in [0.1, 0.15) is 16.2 Å². The first kappa shape index (κ1) is 24.7. The van der Waals surface area contributed by atoms with Crippen LogP contribution in [0.2, 0.25) is 0 Å². The lowest BCUT2D eigenvalue weighted by atomic mass is 10.1. The number of fused-ring (bicyclic) bond motifs is 1. The molecule has 1 aliphatic rings. The maximum atomic E-state index is 13.5. The van der Waals surface area contributed by atoms with Crippen molar-refractivity contribution in [2.45, 2.75) is 11.4 Å². The molecule has 0 amide bonds. The summed E-state index contributed by atoms with van der Waals surface area (Å²) in [5.74, 6) is -0.891. The number of amidine groups is 1. The molecule has 0 saturated carbocycles. The quantitative estimate of drug-likeness (QED) is 0.326. The van der Waals surface area contributed by atoms with Crippen LogP contribution in [0.5, 0.6) is 5.75 Å². The molecule has 11 nitrogen and oxygen atoms in total. The normalized spacial score (nSPS) is 14.4. The molecule has 2 aromatic carbocycles. The van der Waals surface area contributed by atoms with Crippen molar-refractivity contribution < 1.29 is 21.9 Å². The highest BCUT2D eigenvalue weighted by Gasteiger charge is 2.31. The molecule has 0 spiro atoms. The average Bonchev–Trinajstić information content (AvgIpc) is 3.35. The lowest BCUT2D eigenvalue weighted by molar-refractivity contribution is 0.464. The molecule has 0 radical (unpaired) electrons. The standard InChI is InChI=1S/C23H19N5O6S3/c1-36(31,32)26-15-9-10-16-18(12-15)37(33,34)27-22(24-16)19-21(29)20(17-8-5-11-35-17)25-28(23(19)30)13-14-6-3-2-4-7-14/h2-12,26,29H,13H2,1H3,(H,24,27). The van der Waals surface area contributed by atoms with E-state index in [2.05, 4.69) is 19.5 Å². The Bertz CT molecular complexity index is 1810. The van der Waals surface area contributed by atoms with Crippen LogP contribution in [0.25, 0.3) is 10.6 Å². The van der Waals surface area contributed by atoms with Crippen LogP contribution in [0.1, 0.15) is 11.1 Å². The van der Waals surface area contributed by atoms with E-state index >= 15 is 0 Å². The lowest BCUT2D eigenvalue weighted by Gasteiger charge is -2.20. The second kappa shape index (κ2) is 9.14. The number of hydrogen-bond donors (Lipinski definition) is 3. The summed E-state index contributed by atoms with van der Waals surface area (Å²) in [6.07, 6.45) is 0.938. The summed E-state index contributed by atoms with van der Waals surface area (Å²) in [5.41, 5.74) is -0.146. The van der Waals surface area contributed by atoms with Gasteiger partial charge in [0.05, 0.1) is 23.4 Å². The van der Waals surface area contributed by atoms with Gasteiger partial charge < -0.3 is 10.4 Å². The molecule has 4 aromatic rings. The number of thiophene rings is 1. The van der Waals surface area contributed by atoms with E-state index in [1.54, 1.807) is 17.5 Å². The Morgan fingerprint density at radius 2 is 1.86 bits per heavy atom. The van der Waals surface area contributed by atoms with E-state index in [1.165, 1.54) is 23.5 Å². The Morgan fingerprint density at radius 1 is 1.11 bits per heavy atom. The molecule has 14 heteroatoms. The zero-order valence-electron chi connectivity index (χ0n) is 19.1. The number of rotatable bonds is 6. The molecule has 1 aliphatic heterocycles. The monoisotopic (exact) mass is 557 g/mol. The largest absolute Gasteiger partial charge is 0.505 e. The minimum absolute atomic E-state index is 0.0298. The Balaban J connectivity index is 1.66.